The van der Waals surface area contributed by atoms with Gasteiger partial charge >= 0.3 is 17.9 Å². The van der Waals surface area contributed by atoms with Gasteiger partial charge in [-0.25, -0.2) is 0 Å². The molecule has 0 aliphatic rings. The van der Waals surface area contributed by atoms with Gasteiger partial charge in [0.05, 0.1) is 0 Å². The molecule has 0 saturated carbocycles. The van der Waals surface area contributed by atoms with Gasteiger partial charge in [-0.3, -0.25) is 14.4 Å². The maximum Gasteiger partial charge on any atom is 0.306 e. The van der Waals surface area contributed by atoms with E-state index < -0.39 is 6.10 Å². The summed E-state index contributed by atoms with van der Waals surface area (Å²) < 4.78 is 16.9. The maximum absolute atomic E-state index is 12.9. The van der Waals surface area contributed by atoms with E-state index in [0.717, 1.165) is 116 Å². The molecule has 0 saturated heterocycles. The zero-order valence-corrected chi connectivity index (χ0v) is 50.0. The zero-order chi connectivity index (χ0) is 55.0. The Labute approximate surface area is 470 Å². The van der Waals surface area contributed by atoms with E-state index >= 15 is 0 Å². The second-order valence-corrected chi connectivity index (χ2v) is 21.3. The smallest absolute Gasteiger partial charge is 0.306 e. The van der Waals surface area contributed by atoms with Crippen LogP contribution < -0.4 is 0 Å². The van der Waals surface area contributed by atoms with Crippen LogP contribution in [0.4, 0.5) is 0 Å². The molecule has 0 heterocycles. The van der Waals surface area contributed by atoms with Crippen LogP contribution in [-0.2, 0) is 28.6 Å². The number of hydrogen-bond acceptors (Lipinski definition) is 6. The van der Waals surface area contributed by atoms with Crippen LogP contribution in [0, 0.1) is 0 Å². The number of esters is 3. The molecule has 0 fully saturated rings. The Hall–Kier alpha value is -3.67. The van der Waals surface area contributed by atoms with Gasteiger partial charge in [0.25, 0.3) is 0 Å². The molecule has 0 rings (SSSR count). The van der Waals surface area contributed by atoms with Gasteiger partial charge in [-0.15, -0.1) is 0 Å². The van der Waals surface area contributed by atoms with Crippen molar-refractivity contribution in [3.63, 3.8) is 0 Å². The molecular weight excluding hydrogens is 937 g/mol. The Morgan fingerprint density at radius 3 is 0.855 bits per heavy atom. The lowest BCUT2D eigenvalue weighted by atomic mass is 10.0. The van der Waals surface area contributed by atoms with Gasteiger partial charge in [0.15, 0.2) is 6.10 Å². The highest BCUT2D eigenvalue weighted by Crippen LogP contribution is 2.17. The maximum atomic E-state index is 12.9. The van der Waals surface area contributed by atoms with Crippen molar-refractivity contribution in [2.24, 2.45) is 0 Å². The summed E-state index contributed by atoms with van der Waals surface area (Å²) in [6, 6.07) is 0. The number of hydrogen-bond donors (Lipinski definition) is 0. The Balaban J connectivity index is 4.28. The van der Waals surface area contributed by atoms with Crippen LogP contribution in [0.5, 0.6) is 0 Å². The average Bonchev–Trinajstić information content (AvgIpc) is 3.42. The fourth-order valence-corrected chi connectivity index (χ4v) is 8.99. The number of rotatable bonds is 58. The summed E-state index contributed by atoms with van der Waals surface area (Å²) in [5.41, 5.74) is 0. The van der Waals surface area contributed by atoms with Crippen LogP contribution in [0.25, 0.3) is 0 Å². The highest BCUT2D eigenvalue weighted by Gasteiger charge is 2.19. The van der Waals surface area contributed by atoms with Crippen molar-refractivity contribution in [1.29, 1.82) is 0 Å². The van der Waals surface area contributed by atoms with Gasteiger partial charge in [0.2, 0.25) is 0 Å². The molecule has 0 radical (unpaired) electrons. The fourth-order valence-electron chi connectivity index (χ4n) is 8.99. The summed E-state index contributed by atoms with van der Waals surface area (Å²) in [6.07, 6.45) is 85.6. The van der Waals surface area contributed by atoms with Crippen LogP contribution in [-0.4, -0.2) is 37.2 Å². The van der Waals surface area contributed by atoms with E-state index in [1.54, 1.807) is 0 Å². The molecule has 0 aliphatic heterocycles. The van der Waals surface area contributed by atoms with Crippen molar-refractivity contribution >= 4 is 17.9 Å². The lowest BCUT2D eigenvalue weighted by Crippen LogP contribution is -2.30. The number of allylic oxidation sites excluding steroid dienone is 16. The minimum atomic E-state index is -0.784. The van der Waals surface area contributed by atoms with Crippen LogP contribution >= 0.6 is 0 Å². The first kappa shape index (κ1) is 72.3. The summed E-state index contributed by atoms with van der Waals surface area (Å²) in [5.74, 6) is -0.892. The van der Waals surface area contributed by atoms with Gasteiger partial charge in [-0.05, 0) is 96.3 Å². The van der Waals surface area contributed by atoms with Crippen molar-refractivity contribution in [2.75, 3.05) is 13.2 Å². The summed E-state index contributed by atoms with van der Waals surface area (Å²) in [7, 11) is 0. The van der Waals surface area contributed by atoms with Crippen molar-refractivity contribution in [2.45, 2.75) is 316 Å². The van der Waals surface area contributed by atoms with E-state index in [1.807, 2.05) is 0 Å². The third-order valence-corrected chi connectivity index (χ3v) is 13.8. The van der Waals surface area contributed by atoms with Crippen LogP contribution in [0.15, 0.2) is 97.2 Å². The third kappa shape index (κ3) is 61.2. The number of carbonyl (C=O) groups excluding carboxylic acids is 3. The second-order valence-electron chi connectivity index (χ2n) is 21.3. The second kappa shape index (κ2) is 63.9. The van der Waals surface area contributed by atoms with Crippen LogP contribution in [0.1, 0.15) is 310 Å². The Morgan fingerprint density at radius 1 is 0.276 bits per heavy atom. The van der Waals surface area contributed by atoms with Crippen molar-refractivity contribution in [3.8, 4) is 0 Å². The normalized spacial score (nSPS) is 12.7. The van der Waals surface area contributed by atoms with Gasteiger partial charge in [-0.1, -0.05) is 291 Å². The predicted molar refractivity (Wildman–Crippen MR) is 330 cm³/mol. The highest BCUT2D eigenvalue weighted by molar-refractivity contribution is 5.71. The lowest BCUT2D eigenvalue weighted by Gasteiger charge is -2.18. The molecule has 1 atom stereocenters. The molecule has 0 aromatic rings. The van der Waals surface area contributed by atoms with E-state index in [9.17, 15) is 14.4 Å². The zero-order valence-electron chi connectivity index (χ0n) is 50.0. The standard InChI is InChI=1S/C70H120O6/c1-4-7-10-13-16-19-22-24-26-28-30-31-32-33-34-35-36-37-38-39-40-42-43-45-48-51-54-57-60-63-69(72)75-66-67(65-74-68(71)62-59-56-53-50-47-21-18-15-12-9-6-3)76-70(73)64-61-58-55-52-49-46-44-41-29-27-25-23-20-17-14-11-8-5-2/h7,10,15-16,18-19,24,26,30-31,33-34,36-37,39-40,67H,4-6,8-9,11-14,17,20-23,25,27-29,32,35,38,41-66H2,1-3H3/b10-7-,18-15-,19-16-,26-24-,31-30-,34-33-,37-36-,40-39-. The number of carbonyl (C=O) groups is 3. The van der Waals surface area contributed by atoms with Crippen LogP contribution in [0.3, 0.4) is 0 Å². The average molecular weight is 1060 g/mol. The van der Waals surface area contributed by atoms with Crippen molar-refractivity contribution < 1.29 is 28.6 Å². The van der Waals surface area contributed by atoms with Gasteiger partial charge in [0.1, 0.15) is 13.2 Å². The molecule has 0 aromatic carbocycles. The van der Waals surface area contributed by atoms with Crippen molar-refractivity contribution in [1.82, 2.24) is 0 Å². The fraction of sp³-hybridized carbons (Fsp3) is 0.729. The lowest BCUT2D eigenvalue weighted by molar-refractivity contribution is -0.167. The molecule has 0 amide bonds. The molecule has 0 aliphatic carbocycles. The Bertz CT molecular complexity index is 1490. The first-order valence-corrected chi connectivity index (χ1v) is 32.2. The molecule has 6 nitrogen and oxygen atoms in total. The Kier molecular flexibility index (Phi) is 60.8. The molecule has 0 aromatic heterocycles. The highest BCUT2D eigenvalue weighted by atomic mass is 16.6. The van der Waals surface area contributed by atoms with E-state index in [-0.39, 0.29) is 31.1 Å². The number of ether oxygens (including phenoxy) is 3. The predicted octanol–water partition coefficient (Wildman–Crippen LogP) is 22.0. The minimum absolute atomic E-state index is 0.0827. The summed E-state index contributed by atoms with van der Waals surface area (Å²) in [4.78, 5) is 38.2. The third-order valence-electron chi connectivity index (χ3n) is 13.8. The summed E-state index contributed by atoms with van der Waals surface area (Å²) in [6.45, 7) is 6.50. The summed E-state index contributed by atoms with van der Waals surface area (Å²) in [5, 5.41) is 0. The molecule has 6 heteroatoms. The molecule has 76 heavy (non-hydrogen) atoms. The molecule has 0 N–H and O–H groups in total. The molecule has 436 valence electrons. The topological polar surface area (TPSA) is 78.9 Å². The van der Waals surface area contributed by atoms with E-state index in [0.29, 0.717) is 19.3 Å². The first-order chi connectivity index (χ1) is 37.5. The first-order valence-electron chi connectivity index (χ1n) is 32.2. The van der Waals surface area contributed by atoms with Crippen molar-refractivity contribution in [3.05, 3.63) is 97.2 Å². The molecule has 0 spiro atoms. The van der Waals surface area contributed by atoms with Crippen LogP contribution in [0.2, 0.25) is 0 Å². The molecule has 1 unspecified atom stereocenters. The monoisotopic (exact) mass is 1060 g/mol. The molecular formula is C70H120O6. The van der Waals surface area contributed by atoms with Gasteiger partial charge in [0, 0.05) is 19.3 Å². The SMILES string of the molecule is CC/C=C\C/C=C\C/C=C\C/C=C\C/C=C\C/C=C\C/C=C\CCCCCCCCCC(=O)OCC(COC(=O)CCCCCCC/C=C\CCCC)OC(=O)CCCCCCCCCCCCCCCCCCCC. The minimum Gasteiger partial charge on any atom is -0.462 e. The summed E-state index contributed by atoms with van der Waals surface area (Å²) >= 11 is 0. The number of unbranched alkanes of at least 4 members (excludes halogenated alkanes) is 31. The Morgan fingerprint density at radius 2 is 0.526 bits per heavy atom. The van der Waals surface area contributed by atoms with E-state index in [4.69, 9.17) is 14.2 Å². The van der Waals surface area contributed by atoms with E-state index in [1.165, 1.54) is 154 Å². The largest absolute Gasteiger partial charge is 0.462 e. The van der Waals surface area contributed by atoms with Gasteiger partial charge < -0.3 is 14.2 Å². The van der Waals surface area contributed by atoms with Gasteiger partial charge in [-0.2, -0.15) is 0 Å². The van der Waals surface area contributed by atoms with E-state index in [2.05, 4.69) is 118 Å². The quantitative estimate of drug-likeness (QED) is 0.0261. The molecule has 0 bridgehead atoms.